The van der Waals surface area contributed by atoms with Crippen LogP contribution in [0.3, 0.4) is 0 Å². The van der Waals surface area contributed by atoms with E-state index in [0.717, 1.165) is 42.8 Å². The molecule has 3 aromatic heterocycles. The van der Waals surface area contributed by atoms with E-state index in [1.807, 2.05) is 25.4 Å². The van der Waals surface area contributed by atoms with Crippen LogP contribution in [0.2, 0.25) is 0 Å². The summed E-state index contributed by atoms with van der Waals surface area (Å²) in [4.78, 5) is 16.3. The summed E-state index contributed by atoms with van der Waals surface area (Å²) in [6.45, 7) is 11.3. The molecule has 0 spiro atoms. The molecule has 3 atom stereocenters. The first kappa shape index (κ1) is 23.5. The number of aromatic nitrogens is 3. The highest BCUT2D eigenvalue weighted by Gasteiger charge is 2.47. The molecule has 1 aliphatic heterocycles. The van der Waals surface area contributed by atoms with Crippen LogP contribution in [0.25, 0.3) is 0 Å². The van der Waals surface area contributed by atoms with Crippen LogP contribution < -0.4 is 0 Å². The molecule has 33 heavy (non-hydrogen) atoms. The smallest absolute Gasteiger partial charge is 0.141 e. The van der Waals surface area contributed by atoms with Gasteiger partial charge in [-0.1, -0.05) is 12.1 Å². The van der Waals surface area contributed by atoms with Crippen LogP contribution in [0.4, 0.5) is 4.39 Å². The number of nitrogens with zero attached hydrogens (tertiary/aromatic N) is 4. The van der Waals surface area contributed by atoms with Crippen LogP contribution in [0, 0.1) is 12.7 Å². The highest BCUT2D eigenvalue weighted by molar-refractivity contribution is 5.26. The topological polar surface area (TPSA) is 41.9 Å². The maximum atomic E-state index is 13.4. The lowest BCUT2D eigenvalue weighted by Gasteiger charge is -2.55. The third-order valence-corrected chi connectivity index (χ3v) is 7.44. The molecule has 0 bridgehead atoms. The zero-order chi connectivity index (χ0) is 23.6. The van der Waals surface area contributed by atoms with Crippen molar-refractivity contribution >= 4 is 0 Å². The van der Waals surface area contributed by atoms with Crippen LogP contribution >= 0.6 is 0 Å². The molecule has 0 saturated carbocycles. The second-order valence-corrected chi connectivity index (χ2v) is 10.2. The maximum Gasteiger partial charge on any atom is 0.141 e. The molecule has 1 saturated heterocycles. The molecule has 3 aromatic rings. The SMILES string of the molecule is Cc1ccc(C(C)(C)N2[C@H](C)CC(CCc3ccc(F)cn3)(c3ccccn3)C[C@@H]2C)cn1. The first-order valence-electron chi connectivity index (χ1n) is 11.9. The fourth-order valence-electron chi connectivity index (χ4n) is 6.07. The van der Waals surface area contributed by atoms with Crippen molar-refractivity contribution in [3.05, 3.63) is 89.5 Å². The van der Waals surface area contributed by atoms with Crippen molar-refractivity contribution in [2.75, 3.05) is 0 Å². The Balaban J connectivity index is 1.63. The number of aryl methyl sites for hydroxylation is 2. The maximum absolute atomic E-state index is 13.4. The van der Waals surface area contributed by atoms with E-state index in [1.54, 1.807) is 6.07 Å². The molecule has 0 radical (unpaired) electrons. The minimum absolute atomic E-state index is 0.0474. The summed E-state index contributed by atoms with van der Waals surface area (Å²) in [5.41, 5.74) is 4.19. The molecule has 0 N–H and O–H groups in total. The van der Waals surface area contributed by atoms with Crippen LogP contribution in [-0.4, -0.2) is 31.9 Å². The largest absolute Gasteiger partial charge is 0.289 e. The van der Waals surface area contributed by atoms with Crippen molar-refractivity contribution < 1.29 is 4.39 Å². The Kier molecular flexibility index (Phi) is 6.62. The Morgan fingerprint density at radius 2 is 1.73 bits per heavy atom. The van der Waals surface area contributed by atoms with Gasteiger partial charge in [0.25, 0.3) is 0 Å². The number of halogens is 1. The Bertz CT molecular complexity index is 1040. The zero-order valence-corrected chi connectivity index (χ0v) is 20.4. The molecular weight excluding hydrogens is 411 g/mol. The van der Waals surface area contributed by atoms with Crippen molar-refractivity contribution in [2.24, 2.45) is 0 Å². The van der Waals surface area contributed by atoms with Crippen LogP contribution in [0.5, 0.6) is 0 Å². The molecule has 0 aliphatic carbocycles. The fourth-order valence-corrected chi connectivity index (χ4v) is 6.07. The standard InChI is InChI=1S/C28H35FN4/c1-20-9-10-23(18-31-20)27(4,5)33-21(2)16-28(17-22(33)3,26-8-6-7-15-30-26)14-13-25-12-11-24(29)19-32-25/h6-12,15,18-19,21-22H,13-14,16-17H2,1-5H3/t21-,22+,28?. The molecule has 0 amide bonds. The van der Waals surface area contributed by atoms with Crippen molar-refractivity contribution in [3.8, 4) is 0 Å². The van der Waals surface area contributed by atoms with E-state index in [4.69, 9.17) is 4.98 Å². The molecule has 1 unspecified atom stereocenters. The minimum atomic E-state index is -0.290. The highest BCUT2D eigenvalue weighted by Crippen LogP contribution is 2.47. The lowest BCUT2D eigenvalue weighted by Crippen LogP contribution is -2.59. The average Bonchev–Trinajstić information content (AvgIpc) is 2.79. The summed E-state index contributed by atoms with van der Waals surface area (Å²) in [5.74, 6) is -0.290. The molecule has 5 heteroatoms. The minimum Gasteiger partial charge on any atom is -0.289 e. The number of hydrogen-bond donors (Lipinski definition) is 0. The van der Waals surface area contributed by atoms with Gasteiger partial charge in [0.05, 0.1) is 6.20 Å². The van der Waals surface area contributed by atoms with Crippen molar-refractivity contribution in [1.29, 1.82) is 0 Å². The van der Waals surface area contributed by atoms with E-state index >= 15 is 0 Å². The Morgan fingerprint density at radius 1 is 0.970 bits per heavy atom. The molecule has 0 aromatic carbocycles. The second kappa shape index (κ2) is 9.30. The number of piperidine rings is 1. The Hall–Kier alpha value is -2.66. The van der Waals surface area contributed by atoms with E-state index in [2.05, 4.69) is 66.8 Å². The van der Waals surface area contributed by atoms with Crippen LogP contribution in [0.1, 0.15) is 69.6 Å². The van der Waals surface area contributed by atoms with Gasteiger partial charge in [0.15, 0.2) is 0 Å². The number of pyridine rings is 3. The van der Waals surface area contributed by atoms with Gasteiger partial charge in [-0.3, -0.25) is 19.9 Å². The third kappa shape index (κ3) is 4.84. The molecular formula is C28H35FN4. The summed E-state index contributed by atoms with van der Waals surface area (Å²) in [7, 11) is 0. The quantitative estimate of drug-likeness (QED) is 0.466. The number of likely N-dealkylation sites (tertiary alicyclic amines) is 1. The third-order valence-electron chi connectivity index (χ3n) is 7.44. The molecule has 1 aliphatic rings. The van der Waals surface area contributed by atoms with Crippen LogP contribution in [0.15, 0.2) is 61.1 Å². The van der Waals surface area contributed by atoms with Gasteiger partial charge < -0.3 is 0 Å². The molecule has 1 fully saturated rings. The predicted octanol–water partition coefficient (Wildman–Crippen LogP) is 6.00. The van der Waals surface area contributed by atoms with Gasteiger partial charge in [-0.2, -0.15) is 0 Å². The van der Waals surface area contributed by atoms with Crippen LogP contribution in [-0.2, 0) is 17.4 Å². The summed E-state index contributed by atoms with van der Waals surface area (Å²) in [6.07, 6.45) is 9.01. The van der Waals surface area contributed by atoms with Gasteiger partial charge in [0.2, 0.25) is 0 Å². The van der Waals surface area contributed by atoms with Gasteiger partial charge in [-0.05, 0) is 96.2 Å². The van der Waals surface area contributed by atoms with E-state index < -0.39 is 0 Å². The fraction of sp³-hybridized carbons (Fsp3) is 0.464. The second-order valence-electron chi connectivity index (χ2n) is 10.2. The summed E-state index contributed by atoms with van der Waals surface area (Å²) in [5, 5.41) is 0. The molecule has 4 rings (SSSR count). The van der Waals surface area contributed by atoms with Crippen molar-refractivity contribution in [3.63, 3.8) is 0 Å². The van der Waals surface area contributed by atoms with E-state index in [1.165, 1.54) is 17.8 Å². The summed E-state index contributed by atoms with van der Waals surface area (Å²) < 4.78 is 13.4. The van der Waals surface area contributed by atoms with Crippen molar-refractivity contribution in [2.45, 2.75) is 83.3 Å². The van der Waals surface area contributed by atoms with Gasteiger partial charge in [-0.25, -0.2) is 4.39 Å². The molecule has 174 valence electrons. The predicted molar refractivity (Wildman–Crippen MR) is 130 cm³/mol. The average molecular weight is 447 g/mol. The van der Waals surface area contributed by atoms with Gasteiger partial charge >= 0.3 is 0 Å². The van der Waals surface area contributed by atoms with E-state index in [0.29, 0.717) is 12.1 Å². The first-order valence-corrected chi connectivity index (χ1v) is 11.9. The lowest BCUT2D eigenvalue weighted by atomic mass is 9.66. The van der Waals surface area contributed by atoms with E-state index in [9.17, 15) is 4.39 Å². The van der Waals surface area contributed by atoms with Crippen molar-refractivity contribution in [1.82, 2.24) is 19.9 Å². The Morgan fingerprint density at radius 3 is 2.30 bits per heavy atom. The number of hydrogen-bond acceptors (Lipinski definition) is 4. The number of rotatable bonds is 6. The lowest BCUT2D eigenvalue weighted by molar-refractivity contribution is -0.0299. The molecule has 4 nitrogen and oxygen atoms in total. The van der Waals surface area contributed by atoms with Gasteiger partial charge in [0.1, 0.15) is 5.82 Å². The molecule has 4 heterocycles. The summed E-state index contributed by atoms with van der Waals surface area (Å²) in [6, 6.07) is 14.6. The Labute approximate surface area is 197 Å². The highest BCUT2D eigenvalue weighted by atomic mass is 19.1. The zero-order valence-electron chi connectivity index (χ0n) is 20.4. The van der Waals surface area contributed by atoms with E-state index in [-0.39, 0.29) is 16.8 Å². The normalized spacial score (nSPS) is 24.1. The summed E-state index contributed by atoms with van der Waals surface area (Å²) >= 11 is 0. The van der Waals surface area contributed by atoms with Gasteiger partial charge in [0, 0.05) is 52.5 Å². The van der Waals surface area contributed by atoms with Gasteiger partial charge in [-0.15, -0.1) is 0 Å². The monoisotopic (exact) mass is 446 g/mol. The first-order chi connectivity index (χ1) is 15.7.